The van der Waals surface area contributed by atoms with Crippen LogP contribution in [0.3, 0.4) is 0 Å². The molecule has 2 nitrogen and oxygen atoms in total. The van der Waals surface area contributed by atoms with Crippen molar-refractivity contribution in [3.8, 4) is 12.3 Å². The molecule has 0 aliphatic heterocycles. The van der Waals surface area contributed by atoms with Crippen LogP contribution in [0.2, 0.25) is 0 Å². The van der Waals surface area contributed by atoms with Gasteiger partial charge >= 0.3 is 0 Å². The number of hydrogen-bond acceptors (Lipinski definition) is 2. The SMILES string of the molecule is C#CCSc1nc2cc3c(cc2n1C)CCCC3. The highest BCUT2D eigenvalue weighted by Gasteiger charge is 2.14. The highest BCUT2D eigenvalue weighted by Crippen LogP contribution is 2.29. The summed E-state index contributed by atoms with van der Waals surface area (Å²) in [5.41, 5.74) is 5.33. The number of nitrogens with zero attached hydrogens (tertiary/aromatic N) is 2. The van der Waals surface area contributed by atoms with Gasteiger partial charge in [-0.2, -0.15) is 0 Å². The van der Waals surface area contributed by atoms with Crippen LogP contribution in [0.4, 0.5) is 0 Å². The minimum Gasteiger partial charge on any atom is -0.322 e. The highest BCUT2D eigenvalue weighted by molar-refractivity contribution is 7.99. The summed E-state index contributed by atoms with van der Waals surface area (Å²) in [5, 5.41) is 1.02. The molecule has 0 unspecified atom stereocenters. The average Bonchev–Trinajstić information content (AvgIpc) is 2.70. The Labute approximate surface area is 112 Å². The van der Waals surface area contributed by atoms with Gasteiger partial charge < -0.3 is 4.57 Å². The Morgan fingerprint density at radius 1 is 1.33 bits per heavy atom. The van der Waals surface area contributed by atoms with Gasteiger partial charge in [0.1, 0.15) is 0 Å². The normalized spacial score (nSPS) is 14.4. The van der Waals surface area contributed by atoms with Gasteiger partial charge in [0.2, 0.25) is 0 Å². The third-order valence-corrected chi connectivity index (χ3v) is 4.52. The molecule has 0 fully saturated rings. The van der Waals surface area contributed by atoms with Crippen LogP contribution in [0, 0.1) is 12.3 Å². The van der Waals surface area contributed by atoms with Gasteiger partial charge in [-0.15, -0.1) is 6.42 Å². The first-order chi connectivity index (χ1) is 8.79. The molecule has 1 aliphatic rings. The highest BCUT2D eigenvalue weighted by atomic mass is 32.2. The number of hydrogen-bond donors (Lipinski definition) is 0. The molecule has 1 aliphatic carbocycles. The van der Waals surface area contributed by atoms with E-state index in [0.29, 0.717) is 5.75 Å². The monoisotopic (exact) mass is 256 g/mol. The van der Waals surface area contributed by atoms with Gasteiger partial charge in [-0.1, -0.05) is 17.7 Å². The maximum absolute atomic E-state index is 5.31. The zero-order valence-electron chi connectivity index (χ0n) is 10.6. The van der Waals surface area contributed by atoms with E-state index in [1.54, 1.807) is 11.8 Å². The number of benzene rings is 1. The summed E-state index contributed by atoms with van der Waals surface area (Å²) in [6.07, 6.45) is 10.4. The van der Waals surface area contributed by atoms with E-state index in [1.165, 1.54) is 42.3 Å². The summed E-state index contributed by atoms with van der Waals surface area (Å²) >= 11 is 1.63. The number of rotatable bonds is 2. The Morgan fingerprint density at radius 3 is 2.78 bits per heavy atom. The number of imidazole rings is 1. The van der Waals surface area contributed by atoms with Crippen LogP contribution in [0.5, 0.6) is 0 Å². The van der Waals surface area contributed by atoms with Crippen molar-refractivity contribution in [3.05, 3.63) is 23.3 Å². The van der Waals surface area contributed by atoms with Gasteiger partial charge in [-0.3, -0.25) is 0 Å². The molecule has 18 heavy (non-hydrogen) atoms. The second kappa shape index (κ2) is 4.70. The van der Waals surface area contributed by atoms with E-state index in [-0.39, 0.29) is 0 Å². The lowest BCUT2D eigenvalue weighted by molar-refractivity contribution is 0.686. The first-order valence-corrected chi connectivity index (χ1v) is 7.32. The third kappa shape index (κ3) is 1.91. The molecule has 3 heteroatoms. The lowest BCUT2D eigenvalue weighted by atomic mass is 9.91. The quantitative estimate of drug-likeness (QED) is 0.606. The van der Waals surface area contributed by atoms with Gasteiger partial charge in [-0.05, 0) is 48.9 Å². The molecular formula is C15H16N2S. The fourth-order valence-electron chi connectivity index (χ4n) is 2.63. The van der Waals surface area contributed by atoms with Crippen molar-refractivity contribution < 1.29 is 0 Å². The van der Waals surface area contributed by atoms with Crippen molar-refractivity contribution >= 4 is 22.8 Å². The zero-order chi connectivity index (χ0) is 12.5. The summed E-state index contributed by atoms with van der Waals surface area (Å²) in [6, 6.07) is 4.58. The van der Waals surface area contributed by atoms with Crippen LogP contribution in [-0.2, 0) is 19.9 Å². The summed E-state index contributed by atoms with van der Waals surface area (Å²) in [4.78, 5) is 4.69. The number of terminal acetylenes is 1. The van der Waals surface area contributed by atoms with E-state index in [4.69, 9.17) is 6.42 Å². The van der Waals surface area contributed by atoms with Crippen LogP contribution in [-0.4, -0.2) is 15.3 Å². The van der Waals surface area contributed by atoms with Crippen LogP contribution >= 0.6 is 11.8 Å². The van der Waals surface area contributed by atoms with Crippen LogP contribution < -0.4 is 0 Å². The van der Waals surface area contributed by atoms with E-state index in [1.807, 2.05) is 0 Å². The summed E-state index contributed by atoms with van der Waals surface area (Å²) in [5.74, 6) is 3.33. The topological polar surface area (TPSA) is 17.8 Å². The number of thioether (sulfide) groups is 1. The van der Waals surface area contributed by atoms with E-state index in [2.05, 4.69) is 34.7 Å². The molecule has 0 spiro atoms. The van der Waals surface area contributed by atoms with Gasteiger partial charge in [0, 0.05) is 7.05 Å². The molecule has 1 heterocycles. The largest absolute Gasteiger partial charge is 0.322 e. The summed E-state index contributed by atoms with van der Waals surface area (Å²) in [6.45, 7) is 0. The maximum atomic E-state index is 5.31. The van der Waals surface area contributed by atoms with Crippen molar-refractivity contribution in [1.82, 2.24) is 9.55 Å². The fourth-order valence-corrected chi connectivity index (χ4v) is 3.30. The van der Waals surface area contributed by atoms with Crippen LogP contribution in [0.1, 0.15) is 24.0 Å². The Balaban J connectivity index is 2.09. The molecule has 0 N–H and O–H groups in total. The molecule has 1 aromatic carbocycles. The minimum atomic E-state index is 0.677. The Kier molecular flexibility index (Phi) is 3.05. The predicted octanol–water partition coefficient (Wildman–Crippen LogP) is 3.18. The molecule has 0 saturated carbocycles. The molecule has 0 bridgehead atoms. The maximum Gasteiger partial charge on any atom is 0.169 e. The fraction of sp³-hybridized carbons (Fsp3) is 0.400. The number of fused-ring (bicyclic) bond motifs is 2. The first-order valence-electron chi connectivity index (χ1n) is 6.34. The van der Waals surface area contributed by atoms with Crippen molar-refractivity contribution in [2.45, 2.75) is 30.8 Å². The van der Waals surface area contributed by atoms with Crippen molar-refractivity contribution in [1.29, 1.82) is 0 Å². The molecule has 0 amide bonds. The van der Waals surface area contributed by atoms with E-state index in [0.717, 1.165) is 10.7 Å². The molecule has 3 rings (SSSR count). The average molecular weight is 256 g/mol. The second-order valence-corrected chi connectivity index (χ2v) is 5.71. The smallest absolute Gasteiger partial charge is 0.169 e. The van der Waals surface area contributed by atoms with Gasteiger partial charge in [0.25, 0.3) is 0 Å². The molecule has 0 saturated heterocycles. The number of aryl methyl sites for hydroxylation is 3. The molecule has 0 radical (unpaired) electrons. The van der Waals surface area contributed by atoms with E-state index >= 15 is 0 Å². The Morgan fingerprint density at radius 2 is 2.06 bits per heavy atom. The third-order valence-electron chi connectivity index (χ3n) is 3.59. The zero-order valence-corrected chi connectivity index (χ0v) is 11.4. The first kappa shape index (κ1) is 11.7. The van der Waals surface area contributed by atoms with E-state index in [9.17, 15) is 0 Å². The summed E-state index contributed by atoms with van der Waals surface area (Å²) in [7, 11) is 2.07. The lowest BCUT2D eigenvalue weighted by Gasteiger charge is -2.15. The lowest BCUT2D eigenvalue weighted by Crippen LogP contribution is -2.02. The van der Waals surface area contributed by atoms with Gasteiger partial charge in [0.05, 0.1) is 16.8 Å². The molecule has 1 aromatic heterocycles. The Hall–Kier alpha value is -1.40. The predicted molar refractivity (Wildman–Crippen MR) is 76.9 cm³/mol. The molecule has 0 atom stereocenters. The second-order valence-electron chi connectivity index (χ2n) is 4.76. The van der Waals surface area contributed by atoms with E-state index < -0.39 is 0 Å². The van der Waals surface area contributed by atoms with Crippen molar-refractivity contribution in [3.63, 3.8) is 0 Å². The van der Waals surface area contributed by atoms with Crippen molar-refractivity contribution in [2.24, 2.45) is 7.05 Å². The standard InChI is InChI=1S/C15H16N2S/c1-3-8-18-15-16-13-9-11-6-4-5-7-12(11)10-14(13)17(15)2/h1,9-10H,4-8H2,2H3. The minimum absolute atomic E-state index is 0.677. The van der Waals surface area contributed by atoms with Gasteiger partial charge in [0.15, 0.2) is 5.16 Å². The van der Waals surface area contributed by atoms with Crippen molar-refractivity contribution in [2.75, 3.05) is 5.75 Å². The molecular weight excluding hydrogens is 240 g/mol. The van der Waals surface area contributed by atoms with Crippen LogP contribution in [0.15, 0.2) is 17.3 Å². The van der Waals surface area contributed by atoms with Gasteiger partial charge in [-0.25, -0.2) is 4.98 Å². The number of aromatic nitrogens is 2. The molecule has 92 valence electrons. The Bertz CT molecular complexity index is 634. The van der Waals surface area contributed by atoms with Crippen LogP contribution in [0.25, 0.3) is 11.0 Å². The molecule has 2 aromatic rings. The summed E-state index contributed by atoms with van der Waals surface area (Å²) < 4.78 is 2.16.